The molecule has 4 heteroatoms. The maximum Gasteiger partial charge on any atom is 0.307 e. The molecule has 0 aromatic rings. The zero-order valence-corrected chi connectivity index (χ0v) is 11.2. The van der Waals surface area contributed by atoms with Gasteiger partial charge in [-0.2, -0.15) is 0 Å². The average molecular weight is 263 g/mol. The second-order valence-corrected chi connectivity index (χ2v) is 6.26. The van der Waals surface area contributed by atoms with E-state index in [0.717, 1.165) is 51.6 Å². The van der Waals surface area contributed by atoms with Gasteiger partial charge in [0.1, 0.15) is 0 Å². The first-order chi connectivity index (χ1) is 9.12. The fourth-order valence-electron chi connectivity index (χ4n) is 3.70. The monoisotopic (exact) mass is 263 g/mol. The molecule has 4 nitrogen and oxygen atoms in total. The van der Waals surface area contributed by atoms with Crippen molar-refractivity contribution in [1.29, 1.82) is 0 Å². The number of hydrogen-bond acceptors (Lipinski definition) is 2. The number of nitrogens with zero attached hydrogens (tertiary/aromatic N) is 1. The van der Waals surface area contributed by atoms with Crippen molar-refractivity contribution in [2.45, 2.75) is 38.5 Å². The van der Waals surface area contributed by atoms with Gasteiger partial charge in [0.05, 0.1) is 5.92 Å². The van der Waals surface area contributed by atoms with E-state index in [1.165, 1.54) is 0 Å². The van der Waals surface area contributed by atoms with Gasteiger partial charge in [-0.15, -0.1) is 0 Å². The molecule has 3 rings (SSSR count). The highest BCUT2D eigenvalue weighted by Crippen LogP contribution is 2.59. The normalized spacial score (nSPS) is 32.3. The number of rotatable bonds is 2. The maximum atomic E-state index is 12.4. The summed E-state index contributed by atoms with van der Waals surface area (Å²) < 4.78 is 0. The van der Waals surface area contributed by atoms with Crippen LogP contribution in [0.2, 0.25) is 0 Å². The number of aliphatic carboxylic acids is 1. The predicted octanol–water partition coefficient (Wildman–Crippen LogP) is 2.06. The molecular formula is C15H21NO3. The highest BCUT2D eigenvalue weighted by atomic mass is 16.4. The third kappa shape index (κ3) is 2.28. The molecule has 0 aromatic heterocycles. The van der Waals surface area contributed by atoms with Crippen molar-refractivity contribution < 1.29 is 14.7 Å². The lowest BCUT2D eigenvalue weighted by Crippen LogP contribution is -2.43. The lowest BCUT2D eigenvalue weighted by Gasteiger charge is -2.35. The average Bonchev–Trinajstić information content (AvgIpc) is 3.14. The van der Waals surface area contributed by atoms with Crippen molar-refractivity contribution in [3.05, 3.63) is 12.2 Å². The minimum Gasteiger partial charge on any atom is -0.481 e. The second kappa shape index (κ2) is 4.66. The van der Waals surface area contributed by atoms with Crippen LogP contribution in [-0.2, 0) is 9.59 Å². The molecule has 2 atom stereocenters. The molecule has 2 unspecified atom stereocenters. The van der Waals surface area contributed by atoms with Crippen LogP contribution in [0.4, 0.5) is 0 Å². The first-order valence-electron chi connectivity index (χ1n) is 7.29. The summed E-state index contributed by atoms with van der Waals surface area (Å²) in [6.45, 7) is 1.51. The molecule has 104 valence electrons. The molecule has 1 N–H and O–H groups in total. The fraction of sp³-hybridized carbons (Fsp3) is 0.733. The second-order valence-electron chi connectivity index (χ2n) is 6.26. The molecule has 0 radical (unpaired) electrons. The van der Waals surface area contributed by atoms with E-state index in [4.69, 9.17) is 5.11 Å². The summed E-state index contributed by atoms with van der Waals surface area (Å²) in [5.41, 5.74) is 0.0229. The zero-order valence-electron chi connectivity index (χ0n) is 11.2. The highest BCUT2D eigenvalue weighted by molar-refractivity contribution is 5.79. The van der Waals surface area contributed by atoms with E-state index in [9.17, 15) is 9.59 Å². The molecule has 1 saturated heterocycles. The van der Waals surface area contributed by atoms with Gasteiger partial charge in [0.2, 0.25) is 5.91 Å². The van der Waals surface area contributed by atoms with Gasteiger partial charge in [-0.05, 0) is 43.9 Å². The number of carbonyl (C=O) groups excluding carboxylic acids is 1. The van der Waals surface area contributed by atoms with Gasteiger partial charge in [0.15, 0.2) is 0 Å². The van der Waals surface area contributed by atoms with Crippen LogP contribution in [0, 0.1) is 17.3 Å². The minimum atomic E-state index is -0.655. The van der Waals surface area contributed by atoms with E-state index < -0.39 is 5.97 Å². The quantitative estimate of drug-likeness (QED) is 0.776. The molecule has 3 aliphatic rings. The summed E-state index contributed by atoms with van der Waals surface area (Å²) in [4.78, 5) is 25.3. The summed E-state index contributed by atoms with van der Waals surface area (Å²) in [6.07, 6.45) is 9.67. The van der Waals surface area contributed by atoms with Crippen LogP contribution in [0.1, 0.15) is 38.5 Å². The van der Waals surface area contributed by atoms with E-state index >= 15 is 0 Å². The van der Waals surface area contributed by atoms with Gasteiger partial charge in [0, 0.05) is 19.0 Å². The lowest BCUT2D eigenvalue weighted by atomic mass is 9.88. The van der Waals surface area contributed by atoms with Crippen molar-refractivity contribution in [2.75, 3.05) is 13.1 Å². The fourth-order valence-corrected chi connectivity index (χ4v) is 3.70. The molecule has 1 aliphatic heterocycles. The van der Waals surface area contributed by atoms with Crippen LogP contribution in [0.3, 0.4) is 0 Å². The van der Waals surface area contributed by atoms with Crippen molar-refractivity contribution in [2.24, 2.45) is 17.3 Å². The third-order valence-corrected chi connectivity index (χ3v) is 5.18. The van der Waals surface area contributed by atoms with Gasteiger partial charge in [-0.1, -0.05) is 12.2 Å². The summed E-state index contributed by atoms with van der Waals surface area (Å²) in [6, 6.07) is 0. The topological polar surface area (TPSA) is 57.6 Å². The van der Waals surface area contributed by atoms with Crippen LogP contribution in [0.15, 0.2) is 12.2 Å². The van der Waals surface area contributed by atoms with E-state index in [1.54, 1.807) is 0 Å². The number of piperidine rings is 1. The SMILES string of the molecule is O=C(O)C1CC12CCN(C(=O)C1CC=CCC1)CC2. The first kappa shape index (κ1) is 12.7. The van der Waals surface area contributed by atoms with Gasteiger partial charge >= 0.3 is 5.97 Å². The van der Waals surface area contributed by atoms with Gasteiger partial charge in [0.25, 0.3) is 0 Å². The minimum absolute atomic E-state index is 0.0229. The molecule has 2 aliphatic carbocycles. The number of hydrogen-bond donors (Lipinski definition) is 1. The molecule has 0 aromatic carbocycles. The molecule has 19 heavy (non-hydrogen) atoms. The Kier molecular flexibility index (Phi) is 3.11. The Labute approximate surface area is 113 Å². The van der Waals surface area contributed by atoms with E-state index in [-0.39, 0.29) is 23.2 Å². The molecule has 1 spiro atoms. The summed E-state index contributed by atoms with van der Waals surface area (Å²) >= 11 is 0. The van der Waals surface area contributed by atoms with Crippen molar-refractivity contribution in [3.63, 3.8) is 0 Å². The number of carbonyl (C=O) groups is 2. The smallest absolute Gasteiger partial charge is 0.307 e. The Morgan fingerprint density at radius 2 is 1.95 bits per heavy atom. The Bertz CT molecular complexity index is 421. The summed E-state index contributed by atoms with van der Waals surface area (Å²) in [5.74, 6) is -0.361. The maximum absolute atomic E-state index is 12.4. The van der Waals surface area contributed by atoms with Crippen molar-refractivity contribution in [3.8, 4) is 0 Å². The summed E-state index contributed by atoms with van der Waals surface area (Å²) in [7, 11) is 0. The van der Waals surface area contributed by atoms with Crippen LogP contribution in [-0.4, -0.2) is 35.0 Å². The standard InChI is InChI=1S/C15H21NO3/c17-13(11-4-2-1-3-5-11)16-8-6-15(7-9-16)10-12(15)14(18)19/h1-2,11-12H,3-10H2,(H,18,19). The van der Waals surface area contributed by atoms with Gasteiger partial charge in [-0.3, -0.25) is 9.59 Å². The zero-order chi connectivity index (χ0) is 13.5. The largest absolute Gasteiger partial charge is 0.481 e. The number of likely N-dealkylation sites (tertiary alicyclic amines) is 1. The molecule has 1 saturated carbocycles. The van der Waals surface area contributed by atoms with Crippen molar-refractivity contribution >= 4 is 11.9 Å². The van der Waals surface area contributed by atoms with E-state index in [2.05, 4.69) is 12.2 Å². The molecular weight excluding hydrogens is 242 g/mol. The van der Waals surface area contributed by atoms with Crippen LogP contribution >= 0.6 is 0 Å². The van der Waals surface area contributed by atoms with Gasteiger partial charge in [-0.25, -0.2) is 0 Å². The number of allylic oxidation sites excluding steroid dienone is 2. The van der Waals surface area contributed by atoms with Crippen molar-refractivity contribution in [1.82, 2.24) is 4.90 Å². The third-order valence-electron chi connectivity index (χ3n) is 5.18. The van der Waals surface area contributed by atoms with Crippen LogP contribution in [0.25, 0.3) is 0 Å². The predicted molar refractivity (Wildman–Crippen MR) is 70.5 cm³/mol. The van der Waals surface area contributed by atoms with Crippen LogP contribution < -0.4 is 0 Å². The molecule has 1 amide bonds. The number of carboxylic acid groups (broad SMARTS) is 1. The molecule has 1 heterocycles. The van der Waals surface area contributed by atoms with Crippen LogP contribution in [0.5, 0.6) is 0 Å². The Balaban J connectivity index is 1.54. The van der Waals surface area contributed by atoms with Gasteiger partial charge < -0.3 is 10.0 Å². The number of carboxylic acids is 1. The Morgan fingerprint density at radius 3 is 2.47 bits per heavy atom. The van der Waals surface area contributed by atoms with E-state index in [1.807, 2.05) is 4.90 Å². The Morgan fingerprint density at radius 1 is 1.21 bits per heavy atom. The summed E-state index contributed by atoms with van der Waals surface area (Å²) in [5, 5.41) is 9.06. The lowest BCUT2D eigenvalue weighted by molar-refractivity contribution is -0.140. The molecule has 0 bridgehead atoms. The highest BCUT2D eigenvalue weighted by Gasteiger charge is 2.59. The number of amides is 1. The molecule has 2 fully saturated rings. The Hall–Kier alpha value is -1.32. The first-order valence-corrected chi connectivity index (χ1v) is 7.29. The van der Waals surface area contributed by atoms with E-state index in [0.29, 0.717) is 0 Å².